The van der Waals surface area contributed by atoms with Gasteiger partial charge < -0.3 is 5.32 Å². The zero-order chi connectivity index (χ0) is 11.1. The lowest BCUT2D eigenvalue weighted by molar-refractivity contribution is 0.651. The summed E-state index contributed by atoms with van der Waals surface area (Å²) < 4.78 is 0. The van der Waals surface area contributed by atoms with Crippen molar-refractivity contribution in [3.8, 4) is 0 Å². The van der Waals surface area contributed by atoms with E-state index in [2.05, 4.69) is 43.4 Å². The van der Waals surface area contributed by atoms with E-state index in [-0.39, 0.29) is 0 Å². The van der Waals surface area contributed by atoms with E-state index in [1.807, 2.05) is 18.8 Å². The van der Waals surface area contributed by atoms with E-state index < -0.39 is 0 Å². The van der Waals surface area contributed by atoms with Crippen LogP contribution in [0, 0.1) is 0 Å². The van der Waals surface area contributed by atoms with Gasteiger partial charge in [0.25, 0.3) is 0 Å². The molecule has 1 N–H and O–H groups in total. The van der Waals surface area contributed by atoms with Gasteiger partial charge >= 0.3 is 0 Å². The average Bonchev–Trinajstić information content (AvgIpc) is 2.29. The Bertz CT molecular complexity index is 286. The lowest BCUT2D eigenvalue weighted by atomic mass is 10.1. The van der Waals surface area contributed by atoms with Crippen LogP contribution in [0.2, 0.25) is 0 Å². The van der Waals surface area contributed by atoms with E-state index in [0.29, 0.717) is 6.04 Å². The van der Waals surface area contributed by atoms with Crippen LogP contribution in [-0.4, -0.2) is 12.8 Å². The fourth-order valence-electron chi connectivity index (χ4n) is 1.37. The lowest BCUT2D eigenvalue weighted by Crippen LogP contribution is -2.11. The number of nitrogens with one attached hydrogen (secondary N) is 1. The SMILES string of the molecule is CCCCSc1cccc(C(C)NC)c1. The molecule has 1 nitrogen and oxygen atoms in total. The lowest BCUT2D eigenvalue weighted by Gasteiger charge is -2.11. The second-order valence-corrected chi connectivity index (χ2v) is 4.95. The topological polar surface area (TPSA) is 12.0 Å². The molecule has 0 heterocycles. The summed E-state index contributed by atoms with van der Waals surface area (Å²) in [4.78, 5) is 1.39. The molecule has 0 aliphatic carbocycles. The summed E-state index contributed by atoms with van der Waals surface area (Å²) in [7, 11) is 2.00. The molecule has 0 spiro atoms. The van der Waals surface area contributed by atoms with Crippen LogP contribution in [0.3, 0.4) is 0 Å². The molecule has 1 atom stereocenters. The number of benzene rings is 1. The van der Waals surface area contributed by atoms with Crippen molar-refractivity contribution in [1.82, 2.24) is 5.32 Å². The fraction of sp³-hybridized carbons (Fsp3) is 0.538. The van der Waals surface area contributed by atoms with Crippen molar-refractivity contribution in [2.45, 2.75) is 37.6 Å². The summed E-state index contributed by atoms with van der Waals surface area (Å²) in [6.45, 7) is 4.43. The van der Waals surface area contributed by atoms with Crippen LogP contribution in [0.25, 0.3) is 0 Å². The van der Waals surface area contributed by atoms with Crippen LogP contribution >= 0.6 is 11.8 Å². The zero-order valence-electron chi connectivity index (χ0n) is 9.92. The van der Waals surface area contributed by atoms with Gasteiger partial charge in [0.05, 0.1) is 0 Å². The number of rotatable bonds is 6. The molecule has 0 bridgehead atoms. The molecule has 0 aliphatic rings. The number of thioether (sulfide) groups is 1. The van der Waals surface area contributed by atoms with E-state index in [1.54, 1.807) is 0 Å². The Kier molecular flexibility index (Phi) is 5.81. The third-order valence-corrected chi connectivity index (χ3v) is 3.64. The van der Waals surface area contributed by atoms with Gasteiger partial charge in [-0.1, -0.05) is 25.5 Å². The Hall–Kier alpha value is -0.470. The molecule has 0 saturated carbocycles. The Morgan fingerprint density at radius 1 is 1.40 bits per heavy atom. The van der Waals surface area contributed by atoms with Gasteiger partial charge in [0.2, 0.25) is 0 Å². The first-order valence-electron chi connectivity index (χ1n) is 5.68. The standard InChI is InChI=1S/C13H21NS/c1-4-5-9-15-13-8-6-7-12(10-13)11(2)14-3/h6-8,10-11,14H,4-5,9H2,1-3H3. The first-order chi connectivity index (χ1) is 7.27. The molecule has 1 aromatic rings. The predicted octanol–water partition coefficient (Wildman–Crippen LogP) is 3.86. The molecule has 0 aliphatic heterocycles. The quantitative estimate of drug-likeness (QED) is 0.580. The van der Waals surface area contributed by atoms with Crippen LogP contribution in [0.4, 0.5) is 0 Å². The largest absolute Gasteiger partial charge is 0.313 e. The highest BCUT2D eigenvalue weighted by Gasteiger charge is 2.02. The van der Waals surface area contributed by atoms with Crippen LogP contribution in [-0.2, 0) is 0 Å². The van der Waals surface area contributed by atoms with Gasteiger partial charge in [-0.05, 0) is 43.8 Å². The Balaban J connectivity index is 2.57. The maximum absolute atomic E-state index is 3.27. The summed E-state index contributed by atoms with van der Waals surface area (Å²) in [5.74, 6) is 1.23. The third kappa shape index (κ3) is 4.27. The van der Waals surface area contributed by atoms with Crippen molar-refractivity contribution >= 4 is 11.8 Å². The molecule has 0 saturated heterocycles. The molecule has 1 rings (SSSR count). The van der Waals surface area contributed by atoms with Gasteiger partial charge in [-0.3, -0.25) is 0 Å². The van der Waals surface area contributed by atoms with Crippen molar-refractivity contribution in [2.24, 2.45) is 0 Å². The molecule has 0 aromatic heterocycles. The van der Waals surface area contributed by atoms with Crippen molar-refractivity contribution in [3.63, 3.8) is 0 Å². The van der Waals surface area contributed by atoms with Crippen LogP contribution < -0.4 is 5.32 Å². The van der Waals surface area contributed by atoms with Crippen LogP contribution in [0.5, 0.6) is 0 Å². The normalized spacial score (nSPS) is 12.7. The molecule has 0 fully saturated rings. The minimum Gasteiger partial charge on any atom is -0.313 e. The molecule has 0 radical (unpaired) electrons. The minimum atomic E-state index is 0.441. The second-order valence-electron chi connectivity index (χ2n) is 3.78. The van der Waals surface area contributed by atoms with E-state index in [0.717, 1.165) is 0 Å². The second kappa shape index (κ2) is 6.91. The van der Waals surface area contributed by atoms with Gasteiger partial charge in [0.15, 0.2) is 0 Å². The summed E-state index contributed by atoms with van der Waals surface area (Å²) in [6.07, 6.45) is 2.58. The van der Waals surface area contributed by atoms with E-state index in [1.165, 1.54) is 29.1 Å². The highest BCUT2D eigenvalue weighted by Crippen LogP contribution is 2.23. The number of unbranched alkanes of at least 4 members (excludes halogenated alkanes) is 1. The molecule has 0 amide bonds. The van der Waals surface area contributed by atoms with Crippen molar-refractivity contribution in [3.05, 3.63) is 29.8 Å². The molecule has 15 heavy (non-hydrogen) atoms. The van der Waals surface area contributed by atoms with Gasteiger partial charge in [-0.25, -0.2) is 0 Å². The zero-order valence-corrected chi connectivity index (χ0v) is 10.7. The van der Waals surface area contributed by atoms with Crippen LogP contribution in [0.1, 0.15) is 38.3 Å². The number of hydrogen-bond donors (Lipinski definition) is 1. The predicted molar refractivity (Wildman–Crippen MR) is 69.5 cm³/mol. The highest BCUT2D eigenvalue weighted by molar-refractivity contribution is 7.99. The summed E-state index contributed by atoms with van der Waals surface area (Å²) >= 11 is 1.96. The average molecular weight is 223 g/mol. The maximum Gasteiger partial charge on any atom is 0.0289 e. The summed E-state index contributed by atoms with van der Waals surface area (Å²) in [5, 5.41) is 3.27. The number of hydrogen-bond acceptors (Lipinski definition) is 2. The van der Waals surface area contributed by atoms with Gasteiger partial charge in [-0.2, -0.15) is 0 Å². The molecular weight excluding hydrogens is 202 g/mol. The van der Waals surface area contributed by atoms with E-state index >= 15 is 0 Å². The monoisotopic (exact) mass is 223 g/mol. The first kappa shape index (κ1) is 12.6. The smallest absolute Gasteiger partial charge is 0.0289 e. The van der Waals surface area contributed by atoms with Gasteiger partial charge in [-0.15, -0.1) is 11.8 Å². The summed E-state index contributed by atoms with van der Waals surface area (Å²) in [6, 6.07) is 9.27. The van der Waals surface area contributed by atoms with Crippen LogP contribution in [0.15, 0.2) is 29.2 Å². The van der Waals surface area contributed by atoms with Gasteiger partial charge in [0, 0.05) is 10.9 Å². The minimum absolute atomic E-state index is 0.441. The molecule has 2 heteroatoms. The maximum atomic E-state index is 3.27. The first-order valence-corrected chi connectivity index (χ1v) is 6.66. The Labute approximate surface area is 97.7 Å². The molecule has 1 unspecified atom stereocenters. The van der Waals surface area contributed by atoms with Crippen molar-refractivity contribution in [2.75, 3.05) is 12.8 Å². The van der Waals surface area contributed by atoms with Gasteiger partial charge in [0.1, 0.15) is 0 Å². The fourth-order valence-corrected chi connectivity index (χ4v) is 2.44. The molecule has 1 aromatic carbocycles. The molecular formula is C13H21NS. The van der Waals surface area contributed by atoms with E-state index in [4.69, 9.17) is 0 Å². The van der Waals surface area contributed by atoms with E-state index in [9.17, 15) is 0 Å². The van der Waals surface area contributed by atoms with Crippen molar-refractivity contribution < 1.29 is 0 Å². The summed E-state index contributed by atoms with van der Waals surface area (Å²) in [5.41, 5.74) is 1.37. The Morgan fingerprint density at radius 2 is 2.20 bits per heavy atom. The highest BCUT2D eigenvalue weighted by atomic mass is 32.2. The third-order valence-electron chi connectivity index (χ3n) is 2.56. The van der Waals surface area contributed by atoms with Crippen molar-refractivity contribution in [1.29, 1.82) is 0 Å². The Morgan fingerprint density at radius 3 is 2.87 bits per heavy atom. The molecule has 84 valence electrons.